The van der Waals surface area contributed by atoms with E-state index in [0.717, 1.165) is 25.7 Å². The standard InChI is InChI=1S/C14H20N2O4/c1-20-13-7-11(6-12(8-13)16(18)19)15-9-14(10-17)4-2-3-5-14/h6-8,15,17H,2-5,9-10H2,1H3. The van der Waals surface area contributed by atoms with Gasteiger partial charge in [0.05, 0.1) is 24.7 Å². The summed E-state index contributed by atoms with van der Waals surface area (Å²) in [6.45, 7) is 0.764. The highest BCUT2D eigenvalue weighted by molar-refractivity contribution is 5.56. The SMILES string of the molecule is COc1cc(NCC2(CO)CCCC2)cc([N+](=O)[O-])c1. The zero-order valence-electron chi connectivity index (χ0n) is 11.6. The molecule has 1 aromatic carbocycles. The number of non-ortho nitro benzene ring substituents is 1. The Hall–Kier alpha value is -1.82. The number of rotatable bonds is 6. The molecule has 2 N–H and O–H groups in total. The van der Waals surface area contributed by atoms with E-state index >= 15 is 0 Å². The molecule has 6 heteroatoms. The quantitative estimate of drug-likeness (QED) is 0.618. The van der Waals surface area contributed by atoms with E-state index in [1.54, 1.807) is 6.07 Å². The summed E-state index contributed by atoms with van der Waals surface area (Å²) >= 11 is 0. The number of ether oxygens (including phenoxy) is 1. The molecule has 0 amide bonds. The molecule has 0 spiro atoms. The van der Waals surface area contributed by atoms with Gasteiger partial charge in [-0.25, -0.2) is 0 Å². The van der Waals surface area contributed by atoms with Crippen molar-refractivity contribution in [3.63, 3.8) is 0 Å². The van der Waals surface area contributed by atoms with Gasteiger partial charge in [-0.3, -0.25) is 10.1 Å². The number of hydrogen-bond acceptors (Lipinski definition) is 5. The van der Waals surface area contributed by atoms with Crippen molar-refractivity contribution in [1.29, 1.82) is 0 Å². The van der Waals surface area contributed by atoms with Crippen molar-refractivity contribution in [1.82, 2.24) is 0 Å². The maximum atomic E-state index is 10.9. The molecule has 0 radical (unpaired) electrons. The maximum absolute atomic E-state index is 10.9. The third-order valence-electron chi connectivity index (χ3n) is 4.00. The molecule has 110 valence electrons. The second kappa shape index (κ2) is 6.09. The fraction of sp³-hybridized carbons (Fsp3) is 0.571. The number of benzene rings is 1. The van der Waals surface area contributed by atoms with Gasteiger partial charge in [0, 0.05) is 29.8 Å². The molecule has 0 heterocycles. The van der Waals surface area contributed by atoms with Gasteiger partial charge < -0.3 is 15.2 Å². The predicted molar refractivity (Wildman–Crippen MR) is 76.1 cm³/mol. The topological polar surface area (TPSA) is 84.6 Å². The maximum Gasteiger partial charge on any atom is 0.275 e. The van der Waals surface area contributed by atoms with Crippen molar-refractivity contribution in [2.75, 3.05) is 25.6 Å². The molecule has 0 saturated heterocycles. The van der Waals surface area contributed by atoms with E-state index in [1.807, 2.05) is 0 Å². The number of aliphatic hydroxyl groups excluding tert-OH is 1. The van der Waals surface area contributed by atoms with E-state index in [4.69, 9.17) is 4.74 Å². The van der Waals surface area contributed by atoms with Crippen LogP contribution in [0.3, 0.4) is 0 Å². The molecule has 20 heavy (non-hydrogen) atoms. The Morgan fingerprint density at radius 3 is 2.65 bits per heavy atom. The number of aliphatic hydroxyl groups is 1. The molecule has 0 aliphatic heterocycles. The lowest BCUT2D eigenvalue weighted by atomic mass is 9.87. The largest absolute Gasteiger partial charge is 0.496 e. The van der Waals surface area contributed by atoms with E-state index in [0.29, 0.717) is 18.0 Å². The molecule has 6 nitrogen and oxygen atoms in total. The summed E-state index contributed by atoms with van der Waals surface area (Å²) < 4.78 is 5.08. The fourth-order valence-corrected chi connectivity index (χ4v) is 2.71. The Bertz CT molecular complexity index is 484. The lowest BCUT2D eigenvalue weighted by molar-refractivity contribution is -0.384. The molecular formula is C14H20N2O4. The molecular weight excluding hydrogens is 260 g/mol. The lowest BCUT2D eigenvalue weighted by Gasteiger charge is -2.27. The van der Waals surface area contributed by atoms with Crippen molar-refractivity contribution in [2.45, 2.75) is 25.7 Å². The van der Waals surface area contributed by atoms with Gasteiger partial charge in [-0.1, -0.05) is 12.8 Å². The van der Waals surface area contributed by atoms with Gasteiger partial charge in [0.25, 0.3) is 5.69 Å². The van der Waals surface area contributed by atoms with Gasteiger partial charge in [-0.2, -0.15) is 0 Å². The number of methoxy groups -OCH3 is 1. The third-order valence-corrected chi connectivity index (χ3v) is 4.00. The van der Waals surface area contributed by atoms with E-state index in [9.17, 15) is 15.2 Å². The number of anilines is 1. The van der Waals surface area contributed by atoms with Gasteiger partial charge in [0.2, 0.25) is 0 Å². The minimum Gasteiger partial charge on any atom is -0.496 e. The van der Waals surface area contributed by atoms with Gasteiger partial charge >= 0.3 is 0 Å². The zero-order chi connectivity index (χ0) is 14.6. The van der Waals surface area contributed by atoms with Crippen LogP contribution >= 0.6 is 0 Å². The van der Waals surface area contributed by atoms with Crippen LogP contribution < -0.4 is 10.1 Å². The van der Waals surface area contributed by atoms with Crippen LogP contribution in [0.4, 0.5) is 11.4 Å². The number of nitro benzene ring substituents is 1. The first kappa shape index (κ1) is 14.6. The summed E-state index contributed by atoms with van der Waals surface area (Å²) in [5.74, 6) is 0.450. The minimum absolute atomic E-state index is 0.00341. The second-order valence-corrected chi connectivity index (χ2v) is 5.40. The monoisotopic (exact) mass is 280 g/mol. The number of nitrogens with one attached hydrogen (secondary N) is 1. The van der Waals surface area contributed by atoms with Crippen LogP contribution in [0, 0.1) is 15.5 Å². The lowest BCUT2D eigenvalue weighted by Crippen LogP contribution is -2.30. The van der Waals surface area contributed by atoms with Crippen LogP contribution in [0.2, 0.25) is 0 Å². The van der Waals surface area contributed by atoms with E-state index in [1.165, 1.54) is 19.2 Å². The number of nitrogens with zero attached hydrogens (tertiary/aromatic N) is 1. The first-order valence-corrected chi connectivity index (χ1v) is 6.77. The molecule has 2 rings (SSSR count). The van der Waals surface area contributed by atoms with E-state index in [2.05, 4.69) is 5.32 Å². The van der Waals surface area contributed by atoms with Gasteiger partial charge in [-0.05, 0) is 12.8 Å². The molecule has 1 saturated carbocycles. The molecule has 1 aromatic rings. The number of hydrogen-bond donors (Lipinski definition) is 2. The van der Waals surface area contributed by atoms with Crippen LogP contribution in [-0.2, 0) is 0 Å². The Morgan fingerprint density at radius 2 is 2.10 bits per heavy atom. The van der Waals surface area contributed by atoms with E-state index < -0.39 is 4.92 Å². The highest BCUT2D eigenvalue weighted by atomic mass is 16.6. The van der Waals surface area contributed by atoms with Gasteiger partial charge in [0.1, 0.15) is 5.75 Å². The summed E-state index contributed by atoms with van der Waals surface area (Å²) in [5.41, 5.74) is 0.546. The summed E-state index contributed by atoms with van der Waals surface area (Å²) in [5, 5.41) is 23.7. The van der Waals surface area contributed by atoms with Crippen LogP contribution in [0.25, 0.3) is 0 Å². The zero-order valence-corrected chi connectivity index (χ0v) is 11.6. The normalized spacial score (nSPS) is 16.9. The first-order valence-electron chi connectivity index (χ1n) is 6.77. The molecule has 1 aliphatic rings. The smallest absolute Gasteiger partial charge is 0.275 e. The average Bonchev–Trinajstić information content (AvgIpc) is 2.94. The molecule has 0 aromatic heterocycles. The summed E-state index contributed by atoms with van der Waals surface area (Å²) in [6, 6.07) is 4.61. The second-order valence-electron chi connectivity index (χ2n) is 5.40. The Morgan fingerprint density at radius 1 is 1.40 bits per heavy atom. The molecule has 1 fully saturated rings. The van der Waals surface area contributed by atoms with Crippen LogP contribution in [0.15, 0.2) is 18.2 Å². The fourth-order valence-electron chi connectivity index (χ4n) is 2.71. The van der Waals surface area contributed by atoms with Crippen LogP contribution in [-0.4, -0.2) is 30.3 Å². The Balaban J connectivity index is 2.12. The van der Waals surface area contributed by atoms with Gasteiger partial charge in [0.15, 0.2) is 0 Å². The van der Waals surface area contributed by atoms with Crippen molar-refractivity contribution in [3.8, 4) is 5.75 Å². The average molecular weight is 280 g/mol. The Labute approximate surface area is 117 Å². The predicted octanol–water partition coefficient (Wildman–Crippen LogP) is 2.57. The minimum atomic E-state index is -0.439. The molecule has 1 aliphatic carbocycles. The molecule has 0 atom stereocenters. The van der Waals surface area contributed by atoms with E-state index in [-0.39, 0.29) is 17.7 Å². The first-order chi connectivity index (χ1) is 9.58. The molecule has 0 unspecified atom stereocenters. The third kappa shape index (κ3) is 3.19. The van der Waals surface area contributed by atoms with Crippen molar-refractivity contribution < 1.29 is 14.8 Å². The highest BCUT2D eigenvalue weighted by Crippen LogP contribution is 2.38. The summed E-state index contributed by atoms with van der Waals surface area (Å²) in [4.78, 5) is 10.4. The van der Waals surface area contributed by atoms with Crippen molar-refractivity contribution in [2.24, 2.45) is 5.41 Å². The molecule has 0 bridgehead atoms. The van der Waals surface area contributed by atoms with Gasteiger partial charge in [-0.15, -0.1) is 0 Å². The highest BCUT2D eigenvalue weighted by Gasteiger charge is 2.33. The van der Waals surface area contributed by atoms with Crippen molar-refractivity contribution >= 4 is 11.4 Å². The van der Waals surface area contributed by atoms with Crippen LogP contribution in [0.1, 0.15) is 25.7 Å². The summed E-state index contributed by atoms with van der Waals surface area (Å²) in [7, 11) is 1.48. The number of nitro groups is 1. The van der Waals surface area contributed by atoms with Crippen molar-refractivity contribution in [3.05, 3.63) is 28.3 Å². The Kier molecular flexibility index (Phi) is 4.44. The van der Waals surface area contributed by atoms with Crippen LogP contribution in [0.5, 0.6) is 5.75 Å². The summed E-state index contributed by atoms with van der Waals surface area (Å²) in [6.07, 6.45) is 4.23.